The van der Waals surface area contributed by atoms with Gasteiger partial charge in [-0.15, -0.1) is 0 Å². The Kier molecular flexibility index (Phi) is 3.13. The fourth-order valence-electron chi connectivity index (χ4n) is 2.17. The summed E-state index contributed by atoms with van der Waals surface area (Å²) in [5, 5.41) is 3.25. The second kappa shape index (κ2) is 4.93. The molecule has 0 amide bonds. The van der Waals surface area contributed by atoms with Crippen molar-refractivity contribution in [3.63, 3.8) is 0 Å². The molecule has 0 unspecified atom stereocenters. The Bertz CT molecular complexity index is 592. The van der Waals surface area contributed by atoms with E-state index in [1.54, 1.807) is 0 Å². The van der Waals surface area contributed by atoms with Crippen molar-refractivity contribution in [3.05, 3.63) is 29.7 Å². The van der Waals surface area contributed by atoms with Crippen molar-refractivity contribution in [2.45, 2.75) is 20.4 Å². The zero-order valence-corrected chi connectivity index (χ0v) is 11.1. The summed E-state index contributed by atoms with van der Waals surface area (Å²) in [5.74, 6) is 2.55. The summed E-state index contributed by atoms with van der Waals surface area (Å²) in [4.78, 5) is 7.70. The summed E-state index contributed by atoms with van der Waals surface area (Å²) in [6.07, 6.45) is 1.86. The van der Waals surface area contributed by atoms with Gasteiger partial charge in [-0.25, -0.2) is 4.98 Å². The first-order valence-electron chi connectivity index (χ1n) is 6.43. The van der Waals surface area contributed by atoms with Crippen molar-refractivity contribution in [1.29, 1.82) is 0 Å². The Hall–Kier alpha value is -2.01. The van der Waals surface area contributed by atoms with Gasteiger partial charge in [0.1, 0.15) is 5.82 Å². The van der Waals surface area contributed by atoms with Crippen molar-refractivity contribution >= 4 is 0 Å². The minimum Gasteiger partial charge on any atom is -0.454 e. The quantitative estimate of drug-likeness (QED) is 0.884. The van der Waals surface area contributed by atoms with E-state index in [1.165, 1.54) is 0 Å². The summed E-state index contributed by atoms with van der Waals surface area (Å²) >= 11 is 0. The van der Waals surface area contributed by atoms with Crippen molar-refractivity contribution in [1.82, 2.24) is 15.3 Å². The third-order valence-electron chi connectivity index (χ3n) is 3.18. The highest BCUT2D eigenvalue weighted by molar-refractivity contribution is 5.68. The van der Waals surface area contributed by atoms with Gasteiger partial charge in [0, 0.05) is 5.56 Å². The Morgan fingerprint density at radius 1 is 1.32 bits per heavy atom. The molecule has 1 aromatic carbocycles. The Labute approximate surface area is 112 Å². The predicted molar refractivity (Wildman–Crippen MR) is 72.3 cm³/mol. The van der Waals surface area contributed by atoms with E-state index >= 15 is 0 Å². The van der Waals surface area contributed by atoms with Gasteiger partial charge in [0.05, 0.1) is 18.4 Å². The number of hydrogen-bond acceptors (Lipinski definition) is 4. The first-order chi connectivity index (χ1) is 9.28. The van der Waals surface area contributed by atoms with Gasteiger partial charge in [-0.05, 0) is 31.2 Å². The number of hydrogen-bond donors (Lipinski definition) is 2. The van der Waals surface area contributed by atoms with Crippen LogP contribution in [0.3, 0.4) is 0 Å². The third-order valence-corrected chi connectivity index (χ3v) is 3.18. The van der Waals surface area contributed by atoms with Gasteiger partial charge in [-0.1, -0.05) is 6.92 Å². The smallest absolute Gasteiger partial charge is 0.231 e. The van der Waals surface area contributed by atoms with Crippen molar-refractivity contribution < 1.29 is 9.47 Å². The molecule has 2 aromatic rings. The molecule has 0 atom stereocenters. The third kappa shape index (κ3) is 2.29. The van der Waals surface area contributed by atoms with Gasteiger partial charge >= 0.3 is 0 Å². The number of nitrogens with one attached hydrogen (secondary N) is 2. The molecule has 0 saturated carbocycles. The van der Waals surface area contributed by atoms with E-state index in [-0.39, 0.29) is 0 Å². The van der Waals surface area contributed by atoms with Crippen LogP contribution >= 0.6 is 0 Å². The molecule has 5 heteroatoms. The molecule has 3 rings (SSSR count). The minimum atomic E-state index is 0.298. The number of aromatic nitrogens is 2. The van der Waals surface area contributed by atoms with Crippen molar-refractivity contribution in [2.75, 3.05) is 13.3 Å². The fraction of sp³-hybridized carbons (Fsp3) is 0.357. The summed E-state index contributed by atoms with van der Waals surface area (Å²) in [7, 11) is 0. The monoisotopic (exact) mass is 259 g/mol. The lowest BCUT2D eigenvalue weighted by Gasteiger charge is -2.05. The Balaban J connectivity index is 1.91. The standard InChI is InChI=1S/C14H17N3O2/c1-3-15-7-14-16-6-11(17-14)10-5-13-12(4-9(10)2)18-8-19-13/h4-6,15H,3,7-8H2,1-2H3,(H,16,17). The maximum absolute atomic E-state index is 5.42. The average Bonchev–Trinajstić information content (AvgIpc) is 3.03. The van der Waals surface area contributed by atoms with Crippen LogP contribution in [0, 0.1) is 6.92 Å². The molecule has 100 valence electrons. The molecule has 2 heterocycles. The molecule has 0 radical (unpaired) electrons. The van der Waals surface area contributed by atoms with Crippen LogP contribution in [0.2, 0.25) is 0 Å². The van der Waals surface area contributed by atoms with Crippen LogP contribution in [0.5, 0.6) is 11.5 Å². The summed E-state index contributed by atoms with van der Waals surface area (Å²) in [5.41, 5.74) is 3.24. The van der Waals surface area contributed by atoms with E-state index < -0.39 is 0 Å². The number of fused-ring (bicyclic) bond motifs is 1. The van der Waals surface area contributed by atoms with E-state index in [9.17, 15) is 0 Å². The molecule has 0 bridgehead atoms. The van der Waals surface area contributed by atoms with Gasteiger partial charge in [0.15, 0.2) is 11.5 Å². The normalized spacial score (nSPS) is 12.9. The molecule has 5 nitrogen and oxygen atoms in total. The lowest BCUT2D eigenvalue weighted by Crippen LogP contribution is -2.12. The number of aromatic amines is 1. The molecule has 1 aliphatic rings. The molecule has 1 aromatic heterocycles. The zero-order valence-electron chi connectivity index (χ0n) is 11.1. The summed E-state index contributed by atoms with van der Waals surface area (Å²) < 4.78 is 10.8. The highest BCUT2D eigenvalue weighted by atomic mass is 16.7. The van der Waals surface area contributed by atoms with Crippen LogP contribution < -0.4 is 14.8 Å². The predicted octanol–water partition coefficient (Wildman–Crippen LogP) is 2.22. The van der Waals surface area contributed by atoms with Crippen molar-refractivity contribution in [3.8, 4) is 22.8 Å². The number of H-pyrrole nitrogens is 1. The fourth-order valence-corrected chi connectivity index (χ4v) is 2.17. The summed E-state index contributed by atoms with van der Waals surface area (Å²) in [6.45, 7) is 6.11. The van der Waals surface area contributed by atoms with Crippen LogP contribution in [-0.2, 0) is 6.54 Å². The molecular weight excluding hydrogens is 242 g/mol. The molecule has 0 spiro atoms. The number of aryl methyl sites for hydroxylation is 1. The highest BCUT2D eigenvalue weighted by Gasteiger charge is 2.17. The van der Waals surface area contributed by atoms with Gasteiger partial charge in [0.25, 0.3) is 0 Å². The molecule has 1 aliphatic heterocycles. The maximum atomic E-state index is 5.42. The van der Waals surface area contributed by atoms with Crippen molar-refractivity contribution in [2.24, 2.45) is 0 Å². The molecular formula is C14H17N3O2. The molecule has 2 N–H and O–H groups in total. The number of benzene rings is 1. The van der Waals surface area contributed by atoms with Crippen LogP contribution in [0.1, 0.15) is 18.3 Å². The van der Waals surface area contributed by atoms with Gasteiger partial charge < -0.3 is 19.8 Å². The van der Waals surface area contributed by atoms with Gasteiger partial charge in [-0.2, -0.15) is 0 Å². The Morgan fingerprint density at radius 3 is 2.89 bits per heavy atom. The lowest BCUT2D eigenvalue weighted by molar-refractivity contribution is 0.174. The maximum Gasteiger partial charge on any atom is 0.231 e. The number of ether oxygens (including phenoxy) is 2. The second-order valence-corrected chi connectivity index (χ2v) is 4.54. The largest absolute Gasteiger partial charge is 0.454 e. The molecule has 19 heavy (non-hydrogen) atoms. The van der Waals surface area contributed by atoms with Crippen LogP contribution in [0.25, 0.3) is 11.3 Å². The van der Waals surface area contributed by atoms with E-state index in [0.717, 1.165) is 47.2 Å². The topological polar surface area (TPSA) is 59.2 Å². The number of imidazole rings is 1. The first kappa shape index (κ1) is 12.0. The zero-order chi connectivity index (χ0) is 13.2. The van der Waals surface area contributed by atoms with E-state index in [4.69, 9.17) is 9.47 Å². The van der Waals surface area contributed by atoms with Crippen LogP contribution in [0.15, 0.2) is 18.3 Å². The van der Waals surface area contributed by atoms with E-state index in [0.29, 0.717) is 6.79 Å². The van der Waals surface area contributed by atoms with E-state index in [2.05, 4.69) is 29.1 Å². The van der Waals surface area contributed by atoms with Gasteiger partial charge in [0.2, 0.25) is 6.79 Å². The van der Waals surface area contributed by atoms with Crippen LogP contribution in [-0.4, -0.2) is 23.3 Å². The minimum absolute atomic E-state index is 0.298. The second-order valence-electron chi connectivity index (χ2n) is 4.54. The Morgan fingerprint density at radius 2 is 2.11 bits per heavy atom. The van der Waals surface area contributed by atoms with E-state index in [1.807, 2.05) is 18.3 Å². The molecule has 0 saturated heterocycles. The number of nitrogens with zero attached hydrogens (tertiary/aromatic N) is 1. The highest BCUT2D eigenvalue weighted by Crippen LogP contribution is 2.37. The SMILES string of the molecule is CCNCc1ncc(-c2cc3c(cc2C)OCO3)[nH]1. The average molecular weight is 259 g/mol. The van der Waals surface area contributed by atoms with Crippen LogP contribution in [0.4, 0.5) is 0 Å². The summed E-state index contributed by atoms with van der Waals surface area (Å²) in [6, 6.07) is 4.00. The lowest BCUT2D eigenvalue weighted by atomic mass is 10.1. The molecule has 0 fully saturated rings. The number of rotatable bonds is 4. The first-order valence-corrected chi connectivity index (χ1v) is 6.43. The van der Waals surface area contributed by atoms with Gasteiger partial charge in [-0.3, -0.25) is 0 Å². The molecule has 0 aliphatic carbocycles.